The average Bonchev–Trinajstić information content (AvgIpc) is 2.47. The molecule has 4 nitrogen and oxygen atoms in total. The molecule has 0 spiro atoms. The first kappa shape index (κ1) is 13.3. The molecule has 2 unspecified atom stereocenters. The van der Waals surface area contributed by atoms with Gasteiger partial charge in [-0.05, 0) is 52.2 Å². The van der Waals surface area contributed by atoms with Crippen LogP contribution in [0.2, 0.25) is 0 Å². The van der Waals surface area contributed by atoms with Gasteiger partial charge in [0, 0.05) is 12.6 Å². The van der Waals surface area contributed by atoms with Crippen molar-refractivity contribution in [2.45, 2.75) is 43.4 Å². The van der Waals surface area contributed by atoms with Crippen molar-refractivity contribution in [3.05, 3.63) is 0 Å². The molecule has 2 saturated heterocycles. The van der Waals surface area contributed by atoms with Crippen molar-refractivity contribution in [2.75, 3.05) is 32.4 Å². The summed E-state index contributed by atoms with van der Waals surface area (Å²) in [5.74, 6) is 0.396. The Morgan fingerprint density at radius 2 is 2.00 bits per heavy atom. The zero-order valence-electron chi connectivity index (χ0n) is 10.7. The lowest BCUT2D eigenvalue weighted by molar-refractivity contribution is 0.343. The van der Waals surface area contributed by atoms with Gasteiger partial charge >= 0.3 is 0 Å². The molecule has 1 N–H and O–H groups in total. The van der Waals surface area contributed by atoms with Gasteiger partial charge in [0.25, 0.3) is 0 Å². The zero-order valence-corrected chi connectivity index (χ0v) is 11.5. The van der Waals surface area contributed by atoms with E-state index in [2.05, 4.69) is 17.3 Å². The summed E-state index contributed by atoms with van der Waals surface area (Å²) in [7, 11) is -0.624. The molecule has 2 fully saturated rings. The highest BCUT2D eigenvalue weighted by atomic mass is 32.2. The van der Waals surface area contributed by atoms with Crippen molar-refractivity contribution in [1.82, 2.24) is 10.2 Å². The summed E-state index contributed by atoms with van der Waals surface area (Å²) < 4.78 is 23.4. The van der Waals surface area contributed by atoms with Gasteiger partial charge in [-0.3, -0.25) is 0 Å². The van der Waals surface area contributed by atoms with E-state index in [1.54, 1.807) is 0 Å². The molecule has 2 aliphatic rings. The predicted octanol–water partition coefficient (Wildman–Crippen LogP) is 0.638. The maximum Gasteiger partial charge on any atom is 0.154 e. The first-order valence-electron chi connectivity index (χ1n) is 6.71. The van der Waals surface area contributed by atoms with Gasteiger partial charge < -0.3 is 10.2 Å². The van der Waals surface area contributed by atoms with E-state index in [0.717, 1.165) is 25.8 Å². The van der Waals surface area contributed by atoms with Crippen molar-refractivity contribution >= 4 is 9.84 Å². The van der Waals surface area contributed by atoms with Gasteiger partial charge in [0.15, 0.2) is 9.84 Å². The average molecular weight is 260 g/mol. The van der Waals surface area contributed by atoms with Gasteiger partial charge in [-0.15, -0.1) is 0 Å². The maximum atomic E-state index is 11.7. The quantitative estimate of drug-likeness (QED) is 0.809. The van der Waals surface area contributed by atoms with Crippen LogP contribution in [0.15, 0.2) is 0 Å². The molecule has 0 bridgehead atoms. The maximum absolute atomic E-state index is 11.7. The Hall–Kier alpha value is -0.130. The molecular formula is C12H24N2O2S. The molecular weight excluding hydrogens is 236 g/mol. The van der Waals surface area contributed by atoms with Crippen LogP contribution in [0.25, 0.3) is 0 Å². The third kappa shape index (κ3) is 3.66. The normalized spacial score (nSPS) is 34.6. The monoisotopic (exact) mass is 260 g/mol. The number of nitrogens with zero attached hydrogens (tertiary/aromatic N) is 1. The highest BCUT2D eigenvalue weighted by Gasteiger charge is 2.31. The van der Waals surface area contributed by atoms with E-state index >= 15 is 0 Å². The van der Waals surface area contributed by atoms with E-state index in [1.807, 2.05) is 0 Å². The predicted molar refractivity (Wildman–Crippen MR) is 69.9 cm³/mol. The lowest BCUT2D eigenvalue weighted by Crippen LogP contribution is -2.38. The number of hydrogen-bond acceptors (Lipinski definition) is 4. The first-order valence-corrected chi connectivity index (χ1v) is 8.43. The summed E-state index contributed by atoms with van der Waals surface area (Å²) in [4.78, 5) is 2.36. The minimum atomic E-state index is -2.78. The van der Waals surface area contributed by atoms with Crippen LogP contribution in [-0.4, -0.2) is 57.0 Å². The van der Waals surface area contributed by atoms with Crippen LogP contribution in [0.1, 0.15) is 32.1 Å². The minimum absolute atomic E-state index is 0.122. The molecule has 2 heterocycles. The Morgan fingerprint density at radius 1 is 1.18 bits per heavy atom. The molecule has 17 heavy (non-hydrogen) atoms. The van der Waals surface area contributed by atoms with E-state index in [9.17, 15) is 8.42 Å². The van der Waals surface area contributed by atoms with E-state index in [-0.39, 0.29) is 5.25 Å². The van der Waals surface area contributed by atoms with Crippen LogP contribution < -0.4 is 5.32 Å². The fourth-order valence-corrected chi connectivity index (χ4v) is 4.61. The van der Waals surface area contributed by atoms with Gasteiger partial charge in [-0.25, -0.2) is 8.42 Å². The SMILES string of the molecule is CN1CCCC(NCC2CCCS2(=O)=O)CC1. The van der Waals surface area contributed by atoms with Crippen LogP contribution >= 0.6 is 0 Å². The number of sulfone groups is 1. The molecule has 0 radical (unpaired) electrons. The van der Waals surface area contributed by atoms with Crippen LogP contribution in [-0.2, 0) is 9.84 Å². The molecule has 0 aromatic heterocycles. The molecule has 0 amide bonds. The molecule has 0 aromatic rings. The Balaban J connectivity index is 1.78. The number of rotatable bonds is 3. The molecule has 2 atom stereocenters. The standard InChI is InChI=1S/C12H24N2O2S/c1-14-7-2-4-11(6-8-14)13-10-12-5-3-9-17(12,15)16/h11-13H,2-10H2,1H3. The van der Waals surface area contributed by atoms with E-state index in [0.29, 0.717) is 18.3 Å². The van der Waals surface area contributed by atoms with Crippen molar-refractivity contribution in [3.63, 3.8) is 0 Å². The number of nitrogens with one attached hydrogen (secondary N) is 1. The smallest absolute Gasteiger partial charge is 0.154 e. The lowest BCUT2D eigenvalue weighted by Gasteiger charge is -2.19. The third-order valence-electron chi connectivity index (χ3n) is 4.05. The second-order valence-corrected chi connectivity index (χ2v) is 7.87. The van der Waals surface area contributed by atoms with Gasteiger partial charge in [0.05, 0.1) is 11.0 Å². The summed E-state index contributed by atoms with van der Waals surface area (Å²) >= 11 is 0. The molecule has 2 rings (SSSR count). The van der Waals surface area contributed by atoms with E-state index in [4.69, 9.17) is 0 Å². The van der Waals surface area contributed by atoms with Gasteiger partial charge in [0.2, 0.25) is 0 Å². The molecule has 0 aliphatic carbocycles. The molecule has 100 valence electrons. The van der Waals surface area contributed by atoms with Gasteiger partial charge in [-0.1, -0.05) is 0 Å². The van der Waals surface area contributed by atoms with Crippen molar-refractivity contribution in [3.8, 4) is 0 Å². The van der Waals surface area contributed by atoms with E-state index in [1.165, 1.54) is 19.4 Å². The molecule has 2 aliphatic heterocycles. The Labute approximate surface area is 105 Å². The van der Waals surface area contributed by atoms with Gasteiger partial charge in [-0.2, -0.15) is 0 Å². The lowest BCUT2D eigenvalue weighted by atomic mass is 10.1. The second kappa shape index (κ2) is 5.67. The summed E-state index contributed by atoms with van der Waals surface area (Å²) in [5, 5.41) is 3.35. The first-order chi connectivity index (χ1) is 8.08. The number of likely N-dealkylation sites (tertiary alicyclic amines) is 1. The fourth-order valence-electron chi connectivity index (χ4n) is 2.83. The van der Waals surface area contributed by atoms with Crippen molar-refractivity contribution < 1.29 is 8.42 Å². The summed E-state index contributed by atoms with van der Waals surface area (Å²) in [6.07, 6.45) is 5.23. The highest BCUT2D eigenvalue weighted by Crippen LogP contribution is 2.20. The van der Waals surface area contributed by atoms with E-state index < -0.39 is 9.84 Å². The Morgan fingerprint density at radius 3 is 2.71 bits per heavy atom. The number of hydrogen-bond donors (Lipinski definition) is 1. The highest BCUT2D eigenvalue weighted by molar-refractivity contribution is 7.92. The van der Waals surface area contributed by atoms with Crippen LogP contribution in [0.5, 0.6) is 0 Å². The molecule has 0 saturated carbocycles. The molecule has 5 heteroatoms. The largest absolute Gasteiger partial charge is 0.313 e. The Bertz CT molecular complexity index is 342. The zero-order chi connectivity index (χ0) is 12.3. The summed E-state index contributed by atoms with van der Waals surface area (Å²) in [5.41, 5.74) is 0. The summed E-state index contributed by atoms with van der Waals surface area (Å²) in [6.45, 7) is 2.95. The van der Waals surface area contributed by atoms with Crippen molar-refractivity contribution in [2.24, 2.45) is 0 Å². The minimum Gasteiger partial charge on any atom is -0.313 e. The van der Waals surface area contributed by atoms with Crippen LogP contribution in [0.3, 0.4) is 0 Å². The summed E-state index contributed by atoms with van der Waals surface area (Å²) in [6, 6.07) is 0.510. The van der Waals surface area contributed by atoms with Crippen LogP contribution in [0, 0.1) is 0 Å². The molecule has 0 aromatic carbocycles. The second-order valence-electron chi connectivity index (χ2n) is 5.47. The fraction of sp³-hybridized carbons (Fsp3) is 1.00. The van der Waals surface area contributed by atoms with Crippen LogP contribution in [0.4, 0.5) is 0 Å². The topological polar surface area (TPSA) is 49.4 Å². The Kier molecular flexibility index (Phi) is 4.44. The van der Waals surface area contributed by atoms with Crippen molar-refractivity contribution in [1.29, 1.82) is 0 Å². The van der Waals surface area contributed by atoms with Gasteiger partial charge in [0.1, 0.15) is 0 Å². The third-order valence-corrected chi connectivity index (χ3v) is 6.32.